The predicted octanol–water partition coefficient (Wildman–Crippen LogP) is 6.61. The molecule has 226 valence electrons. The van der Waals surface area contributed by atoms with Crippen LogP contribution in [0.4, 0.5) is 0 Å². The van der Waals surface area contributed by atoms with Crippen LogP contribution in [0, 0.1) is 0 Å². The number of amides is 2. The minimum Gasteiger partial charge on any atom is -0.497 e. The van der Waals surface area contributed by atoms with Crippen molar-refractivity contribution in [1.29, 1.82) is 0 Å². The minimum absolute atomic E-state index is 0.187. The van der Waals surface area contributed by atoms with Gasteiger partial charge in [0, 0.05) is 31.9 Å². The van der Waals surface area contributed by atoms with Crippen molar-refractivity contribution in [3.05, 3.63) is 107 Å². The van der Waals surface area contributed by atoms with Crippen LogP contribution in [0.5, 0.6) is 17.2 Å². The summed E-state index contributed by atoms with van der Waals surface area (Å²) in [6.45, 7) is 10.0. The van der Waals surface area contributed by atoms with Gasteiger partial charge in [-0.25, -0.2) is 0 Å². The molecule has 8 nitrogen and oxygen atoms in total. The van der Waals surface area contributed by atoms with Gasteiger partial charge in [-0.1, -0.05) is 60.7 Å². The molecule has 1 heterocycles. The van der Waals surface area contributed by atoms with E-state index in [4.69, 9.17) is 14.2 Å². The van der Waals surface area contributed by atoms with Crippen molar-refractivity contribution in [3.8, 4) is 22.9 Å². The molecule has 3 aromatic carbocycles. The summed E-state index contributed by atoms with van der Waals surface area (Å²) in [4.78, 5) is 32.1. The van der Waals surface area contributed by atoms with Crippen LogP contribution < -0.4 is 14.2 Å². The van der Waals surface area contributed by atoms with E-state index in [1.165, 1.54) is 0 Å². The van der Waals surface area contributed by atoms with Crippen molar-refractivity contribution in [3.63, 3.8) is 0 Å². The summed E-state index contributed by atoms with van der Waals surface area (Å²) in [6.07, 6.45) is 0. The van der Waals surface area contributed by atoms with Crippen LogP contribution in [0.2, 0.25) is 0 Å². The first-order valence-electron chi connectivity index (χ1n) is 14.8. The molecule has 0 bridgehead atoms. The third-order valence-corrected chi connectivity index (χ3v) is 7.37. The van der Waals surface area contributed by atoms with E-state index in [2.05, 4.69) is 0 Å². The molecule has 1 aromatic heterocycles. The largest absolute Gasteiger partial charge is 0.497 e. The third-order valence-electron chi connectivity index (χ3n) is 7.37. The molecule has 0 aliphatic rings. The van der Waals surface area contributed by atoms with Gasteiger partial charge in [0.1, 0.15) is 19.0 Å². The Morgan fingerprint density at radius 2 is 1.00 bits per heavy atom. The van der Waals surface area contributed by atoms with E-state index in [9.17, 15) is 9.59 Å². The Balaban J connectivity index is 2.03. The molecule has 0 fully saturated rings. The van der Waals surface area contributed by atoms with Crippen LogP contribution in [0.3, 0.4) is 0 Å². The quantitative estimate of drug-likeness (QED) is 0.167. The summed E-state index contributed by atoms with van der Waals surface area (Å²) in [6, 6.07) is 26.7. The lowest BCUT2D eigenvalue weighted by Crippen LogP contribution is -2.34. The van der Waals surface area contributed by atoms with Gasteiger partial charge in [-0.15, -0.1) is 0 Å². The molecule has 4 rings (SSSR count). The van der Waals surface area contributed by atoms with Crippen molar-refractivity contribution in [2.75, 3.05) is 33.3 Å². The van der Waals surface area contributed by atoms with Crippen LogP contribution >= 0.6 is 0 Å². The molecule has 8 heteroatoms. The molecule has 0 saturated carbocycles. The number of benzene rings is 3. The van der Waals surface area contributed by atoms with Gasteiger partial charge in [-0.2, -0.15) is 0 Å². The van der Waals surface area contributed by atoms with E-state index in [1.807, 2.05) is 113 Å². The second-order valence-corrected chi connectivity index (χ2v) is 9.89. The van der Waals surface area contributed by atoms with Gasteiger partial charge in [0.15, 0.2) is 22.9 Å². The third kappa shape index (κ3) is 7.02. The lowest BCUT2D eigenvalue weighted by molar-refractivity contribution is 0.0755. The topological polar surface area (TPSA) is 73.2 Å². The lowest BCUT2D eigenvalue weighted by Gasteiger charge is -2.23. The first-order valence-corrected chi connectivity index (χ1v) is 14.8. The molecule has 0 atom stereocenters. The number of rotatable bonds is 14. The van der Waals surface area contributed by atoms with Gasteiger partial charge in [0.05, 0.1) is 7.11 Å². The maximum atomic E-state index is 14.3. The normalized spacial score (nSPS) is 10.7. The Morgan fingerprint density at radius 3 is 1.35 bits per heavy atom. The monoisotopic (exact) mass is 583 g/mol. The lowest BCUT2D eigenvalue weighted by atomic mass is 10.2. The number of carbonyl (C=O) groups is 2. The van der Waals surface area contributed by atoms with Crippen LogP contribution in [0.15, 0.2) is 84.9 Å². The van der Waals surface area contributed by atoms with Gasteiger partial charge < -0.3 is 24.0 Å². The molecule has 4 aromatic rings. The summed E-state index contributed by atoms with van der Waals surface area (Å²) < 4.78 is 20.1. The van der Waals surface area contributed by atoms with E-state index in [0.29, 0.717) is 37.6 Å². The zero-order valence-corrected chi connectivity index (χ0v) is 25.7. The number of carbonyl (C=O) groups excluding carboxylic acids is 2. The van der Waals surface area contributed by atoms with Crippen molar-refractivity contribution in [2.24, 2.45) is 0 Å². The van der Waals surface area contributed by atoms with E-state index in [-0.39, 0.29) is 47.9 Å². The zero-order chi connectivity index (χ0) is 30.8. The number of nitrogens with zero attached hydrogens (tertiary/aromatic N) is 3. The average molecular weight is 584 g/mol. The van der Waals surface area contributed by atoms with Crippen molar-refractivity contribution in [1.82, 2.24) is 14.4 Å². The fourth-order valence-corrected chi connectivity index (χ4v) is 4.95. The first kappa shape index (κ1) is 31.2. The van der Waals surface area contributed by atoms with Gasteiger partial charge in [-0.3, -0.25) is 14.2 Å². The van der Waals surface area contributed by atoms with Crippen LogP contribution in [0.25, 0.3) is 5.69 Å². The van der Waals surface area contributed by atoms with Crippen LogP contribution in [0.1, 0.15) is 59.8 Å². The summed E-state index contributed by atoms with van der Waals surface area (Å²) in [5.74, 6) is 0.621. The number of ether oxygens (including phenoxy) is 3. The summed E-state index contributed by atoms with van der Waals surface area (Å²) in [7, 11) is 1.60. The molecular weight excluding hydrogens is 542 g/mol. The van der Waals surface area contributed by atoms with Crippen molar-refractivity contribution < 1.29 is 23.8 Å². The molecule has 0 radical (unpaired) electrons. The Hall–Kier alpha value is -4.72. The molecule has 0 aliphatic heterocycles. The average Bonchev–Trinajstić information content (AvgIpc) is 3.38. The smallest absolute Gasteiger partial charge is 0.274 e. The molecule has 0 aliphatic carbocycles. The molecule has 0 saturated heterocycles. The van der Waals surface area contributed by atoms with Gasteiger partial charge in [-0.05, 0) is 63.1 Å². The molecule has 0 N–H and O–H groups in total. The van der Waals surface area contributed by atoms with E-state index in [1.54, 1.807) is 21.5 Å². The summed E-state index contributed by atoms with van der Waals surface area (Å²) >= 11 is 0. The number of hydrogen-bond acceptors (Lipinski definition) is 5. The Labute approximate surface area is 254 Å². The van der Waals surface area contributed by atoms with Crippen molar-refractivity contribution in [2.45, 2.75) is 40.9 Å². The summed E-state index contributed by atoms with van der Waals surface area (Å²) in [5, 5.41) is 0. The van der Waals surface area contributed by atoms with Crippen molar-refractivity contribution >= 4 is 11.8 Å². The Morgan fingerprint density at radius 1 is 0.605 bits per heavy atom. The fraction of sp³-hybridized carbons (Fsp3) is 0.314. The Kier molecular flexibility index (Phi) is 10.9. The standard InChI is InChI=1S/C35H41N3O5/c1-6-36(7-2)34(39)30-32(42-24-26-16-12-10-13-17-26)33(43-25-27-18-14-11-15-19-27)31(35(40)37(8-3)9-4)38(30)28-20-22-29(41-5)23-21-28/h10-23H,6-9,24-25H2,1-5H3. The van der Waals surface area contributed by atoms with E-state index >= 15 is 0 Å². The number of methoxy groups -OCH3 is 1. The SMILES string of the molecule is CCN(CC)C(=O)c1c(OCc2ccccc2)c(OCc2ccccc2)c(C(=O)N(CC)CC)n1-c1ccc(OC)cc1. The zero-order valence-electron chi connectivity index (χ0n) is 25.7. The summed E-state index contributed by atoms with van der Waals surface area (Å²) in [5.41, 5.74) is 2.94. The molecule has 0 unspecified atom stereocenters. The highest BCUT2D eigenvalue weighted by Gasteiger charge is 2.37. The Bertz CT molecular complexity index is 1390. The predicted molar refractivity (Wildman–Crippen MR) is 168 cm³/mol. The van der Waals surface area contributed by atoms with Gasteiger partial charge in [0.2, 0.25) is 0 Å². The molecule has 0 spiro atoms. The van der Waals surface area contributed by atoms with Crippen LogP contribution in [-0.4, -0.2) is 59.5 Å². The van der Waals surface area contributed by atoms with Gasteiger partial charge in [0.25, 0.3) is 11.8 Å². The van der Waals surface area contributed by atoms with E-state index < -0.39 is 0 Å². The second-order valence-electron chi connectivity index (χ2n) is 9.89. The van der Waals surface area contributed by atoms with E-state index in [0.717, 1.165) is 11.1 Å². The molecule has 2 amide bonds. The fourth-order valence-electron chi connectivity index (χ4n) is 4.95. The van der Waals surface area contributed by atoms with Crippen LogP contribution in [-0.2, 0) is 13.2 Å². The highest BCUT2D eigenvalue weighted by Crippen LogP contribution is 2.43. The maximum Gasteiger partial charge on any atom is 0.274 e. The van der Waals surface area contributed by atoms with Gasteiger partial charge >= 0.3 is 0 Å². The highest BCUT2D eigenvalue weighted by molar-refractivity contribution is 6.04. The minimum atomic E-state index is -0.257. The maximum absolute atomic E-state index is 14.3. The second kappa shape index (κ2) is 15.0. The first-order chi connectivity index (χ1) is 21.0. The highest BCUT2D eigenvalue weighted by atomic mass is 16.5. The number of aromatic nitrogens is 1. The molecule has 43 heavy (non-hydrogen) atoms. The molecular formula is C35H41N3O5. The number of hydrogen-bond donors (Lipinski definition) is 0.